The normalized spacial score (nSPS) is 9.43. The molecule has 0 fully saturated rings. The van der Waals surface area contributed by atoms with Crippen LogP contribution in [-0.4, -0.2) is 5.11 Å². The fraction of sp³-hybridized carbons (Fsp3) is 0. The molecular formula is C10H7NNiO2. The van der Waals surface area contributed by atoms with Gasteiger partial charge in [-0.3, -0.25) is 0 Å². The van der Waals surface area contributed by atoms with Crippen molar-refractivity contribution >= 4 is 16.5 Å². The van der Waals surface area contributed by atoms with Gasteiger partial charge >= 0.3 is 0 Å². The molecule has 0 atom stereocenters. The Labute approximate surface area is 90.6 Å². The molecule has 1 N–H and O–H groups in total. The van der Waals surface area contributed by atoms with Crippen molar-refractivity contribution < 1.29 is 21.6 Å². The van der Waals surface area contributed by atoms with Crippen LogP contribution in [0, 0.1) is 4.91 Å². The van der Waals surface area contributed by atoms with Crippen molar-refractivity contribution in [3.63, 3.8) is 0 Å². The number of benzene rings is 2. The number of nitrogens with zero attached hydrogens (tertiary/aromatic N) is 1. The molecule has 0 aliphatic carbocycles. The van der Waals surface area contributed by atoms with Crippen LogP contribution in [0.5, 0.6) is 5.75 Å². The molecule has 3 nitrogen and oxygen atoms in total. The van der Waals surface area contributed by atoms with Gasteiger partial charge in [0, 0.05) is 21.9 Å². The van der Waals surface area contributed by atoms with Crippen molar-refractivity contribution in [1.29, 1.82) is 0 Å². The van der Waals surface area contributed by atoms with Crippen LogP contribution in [0.4, 0.5) is 5.69 Å². The summed E-state index contributed by atoms with van der Waals surface area (Å²) in [5, 5.41) is 13.7. The molecule has 2 aromatic carbocycles. The zero-order valence-electron chi connectivity index (χ0n) is 7.08. The first-order valence-electron chi connectivity index (χ1n) is 3.87. The molecule has 0 unspecified atom stereocenters. The summed E-state index contributed by atoms with van der Waals surface area (Å²) < 4.78 is 0. The number of phenols is 1. The van der Waals surface area contributed by atoms with E-state index in [1.165, 1.54) is 6.07 Å². The summed E-state index contributed by atoms with van der Waals surface area (Å²) in [7, 11) is 0. The Morgan fingerprint density at radius 1 is 1.07 bits per heavy atom. The van der Waals surface area contributed by atoms with Crippen molar-refractivity contribution in [2.45, 2.75) is 0 Å². The van der Waals surface area contributed by atoms with E-state index >= 15 is 0 Å². The molecule has 14 heavy (non-hydrogen) atoms. The first kappa shape index (κ1) is 10.7. The molecule has 0 aliphatic rings. The minimum Gasteiger partial charge on any atom is -0.506 e. The van der Waals surface area contributed by atoms with Gasteiger partial charge < -0.3 is 5.11 Å². The van der Waals surface area contributed by atoms with E-state index < -0.39 is 0 Å². The van der Waals surface area contributed by atoms with Crippen LogP contribution in [0.25, 0.3) is 10.8 Å². The third-order valence-electron chi connectivity index (χ3n) is 1.97. The summed E-state index contributed by atoms with van der Waals surface area (Å²) >= 11 is 0. The van der Waals surface area contributed by atoms with Crippen molar-refractivity contribution in [2.24, 2.45) is 5.18 Å². The fourth-order valence-electron chi connectivity index (χ4n) is 1.34. The SMILES string of the molecule is O=Nc1c(O)ccc2ccccc12.[Ni]. The number of hydrogen-bond acceptors (Lipinski definition) is 3. The summed E-state index contributed by atoms with van der Waals surface area (Å²) in [6, 6.07) is 10.5. The topological polar surface area (TPSA) is 49.7 Å². The van der Waals surface area contributed by atoms with E-state index in [2.05, 4.69) is 5.18 Å². The third-order valence-corrected chi connectivity index (χ3v) is 1.97. The van der Waals surface area contributed by atoms with E-state index in [9.17, 15) is 10.0 Å². The van der Waals surface area contributed by atoms with Crippen LogP contribution in [0.15, 0.2) is 41.6 Å². The van der Waals surface area contributed by atoms with Crippen molar-refractivity contribution in [3.05, 3.63) is 41.3 Å². The monoisotopic (exact) mass is 231 g/mol. The molecule has 0 spiro atoms. The molecule has 0 saturated heterocycles. The summed E-state index contributed by atoms with van der Waals surface area (Å²) in [6.45, 7) is 0. The molecule has 0 bridgehead atoms. The Morgan fingerprint density at radius 2 is 1.79 bits per heavy atom. The van der Waals surface area contributed by atoms with Gasteiger partial charge in [0.15, 0.2) is 5.69 Å². The van der Waals surface area contributed by atoms with Crippen molar-refractivity contribution in [2.75, 3.05) is 0 Å². The number of hydrogen-bond donors (Lipinski definition) is 1. The van der Waals surface area contributed by atoms with Crippen LogP contribution in [0.3, 0.4) is 0 Å². The minimum absolute atomic E-state index is 0. The van der Waals surface area contributed by atoms with Gasteiger partial charge in [0.05, 0.1) is 0 Å². The maximum atomic E-state index is 10.4. The summed E-state index contributed by atoms with van der Waals surface area (Å²) in [5.74, 6) is -0.0753. The molecule has 2 aromatic rings. The molecule has 0 aliphatic heterocycles. The van der Waals surface area contributed by atoms with Gasteiger partial charge in [-0.2, -0.15) is 0 Å². The van der Waals surface area contributed by atoms with Gasteiger partial charge in [-0.25, -0.2) is 0 Å². The predicted octanol–water partition coefficient (Wildman–Crippen LogP) is 2.94. The third kappa shape index (κ3) is 1.61. The van der Waals surface area contributed by atoms with Crippen LogP contribution in [0.2, 0.25) is 0 Å². The summed E-state index contributed by atoms with van der Waals surface area (Å²) in [4.78, 5) is 10.4. The van der Waals surface area contributed by atoms with Gasteiger partial charge in [-0.15, -0.1) is 4.91 Å². The second kappa shape index (κ2) is 4.20. The fourth-order valence-corrected chi connectivity index (χ4v) is 1.34. The Hall–Kier alpha value is -1.41. The maximum Gasteiger partial charge on any atom is 0.157 e. The largest absolute Gasteiger partial charge is 0.506 e. The van der Waals surface area contributed by atoms with Crippen molar-refractivity contribution in [3.8, 4) is 5.75 Å². The molecular weight excluding hydrogens is 225 g/mol. The average Bonchev–Trinajstić information content (AvgIpc) is 2.18. The maximum absolute atomic E-state index is 10.4. The van der Waals surface area contributed by atoms with E-state index in [4.69, 9.17) is 0 Å². The number of rotatable bonds is 1. The first-order valence-corrected chi connectivity index (χ1v) is 3.87. The number of aromatic hydroxyl groups is 1. The Kier molecular flexibility index (Phi) is 3.20. The van der Waals surface area contributed by atoms with Crippen LogP contribution < -0.4 is 0 Å². The molecule has 4 heteroatoms. The van der Waals surface area contributed by atoms with Gasteiger partial charge in [-0.05, 0) is 16.6 Å². The van der Waals surface area contributed by atoms with Gasteiger partial charge in [0.25, 0.3) is 0 Å². The number of phenolic OH excluding ortho intramolecular Hbond substituents is 1. The molecule has 74 valence electrons. The van der Waals surface area contributed by atoms with Gasteiger partial charge in [0.1, 0.15) is 5.75 Å². The molecule has 0 radical (unpaired) electrons. The Bertz CT molecular complexity index is 471. The molecule has 0 heterocycles. The van der Waals surface area contributed by atoms with Gasteiger partial charge in [0.2, 0.25) is 0 Å². The van der Waals surface area contributed by atoms with Crippen LogP contribution in [0.1, 0.15) is 0 Å². The van der Waals surface area contributed by atoms with E-state index in [-0.39, 0.29) is 27.9 Å². The second-order valence-corrected chi connectivity index (χ2v) is 2.75. The summed E-state index contributed by atoms with van der Waals surface area (Å²) in [6.07, 6.45) is 0. The number of nitroso groups, excluding NO2 is 1. The smallest absolute Gasteiger partial charge is 0.157 e. The van der Waals surface area contributed by atoms with Crippen molar-refractivity contribution in [1.82, 2.24) is 0 Å². The number of fused-ring (bicyclic) bond motifs is 1. The van der Waals surface area contributed by atoms with E-state index in [1.807, 2.05) is 12.1 Å². The van der Waals surface area contributed by atoms with E-state index in [0.717, 1.165) is 5.39 Å². The molecule has 2 rings (SSSR count). The Morgan fingerprint density at radius 3 is 2.50 bits per heavy atom. The zero-order chi connectivity index (χ0) is 9.26. The van der Waals surface area contributed by atoms with Gasteiger partial charge in [-0.1, -0.05) is 30.3 Å². The zero-order valence-corrected chi connectivity index (χ0v) is 8.07. The quantitative estimate of drug-likeness (QED) is 0.606. The van der Waals surface area contributed by atoms with E-state index in [1.54, 1.807) is 18.2 Å². The Balaban J connectivity index is 0.000000980. The van der Waals surface area contributed by atoms with Crippen LogP contribution >= 0.6 is 0 Å². The predicted molar refractivity (Wildman–Crippen MR) is 51.1 cm³/mol. The summed E-state index contributed by atoms with van der Waals surface area (Å²) in [5.41, 5.74) is 0.109. The van der Waals surface area contributed by atoms with E-state index in [0.29, 0.717) is 5.39 Å². The van der Waals surface area contributed by atoms with Crippen LogP contribution in [-0.2, 0) is 16.5 Å². The minimum atomic E-state index is -0.0753. The first-order chi connectivity index (χ1) is 6.33. The molecule has 0 saturated carbocycles. The average molecular weight is 232 g/mol. The standard InChI is InChI=1S/C10H7NO2.Ni/c12-9-6-5-7-3-1-2-4-8(7)10(9)11-13;/h1-6,12H;. The molecule has 0 amide bonds. The molecule has 0 aromatic heterocycles. The second-order valence-electron chi connectivity index (χ2n) is 2.75.